The second kappa shape index (κ2) is 8.81. The first-order valence-corrected chi connectivity index (χ1v) is 11.5. The molecule has 1 N–H and O–H groups in total. The maximum Gasteiger partial charge on any atom is 0.254 e. The van der Waals surface area contributed by atoms with E-state index in [0.29, 0.717) is 13.0 Å². The van der Waals surface area contributed by atoms with Crippen molar-refractivity contribution in [2.75, 3.05) is 24.5 Å². The lowest BCUT2D eigenvalue weighted by atomic mass is 9.66. The van der Waals surface area contributed by atoms with Crippen molar-refractivity contribution in [1.29, 1.82) is 0 Å². The molecule has 1 heterocycles. The molecule has 1 aliphatic heterocycles. The van der Waals surface area contributed by atoms with E-state index >= 15 is 0 Å². The van der Waals surface area contributed by atoms with Crippen LogP contribution in [0, 0.1) is 5.92 Å². The summed E-state index contributed by atoms with van der Waals surface area (Å²) < 4.78 is 0. The number of aliphatic hydroxyl groups is 1. The van der Waals surface area contributed by atoms with E-state index in [9.17, 15) is 9.90 Å². The molecule has 1 aliphatic carbocycles. The molecule has 0 radical (unpaired) electrons. The van der Waals surface area contributed by atoms with Crippen molar-refractivity contribution in [2.45, 2.75) is 57.6 Å². The second-order valence-electron chi connectivity index (χ2n) is 8.78. The van der Waals surface area contributed by atoms with Gasteiger partial charge in [0.1, 0.15) is 0 Å². The number of nitrogens with zero attached hydrogens (tertiary/aromatic N) is 2. The van der Waals surface area contributed by atoms with E-state index < -0.39 is 5.60 Å². The van der Waals surface area contributed by atoms with Crippen LogP contribution in [0.25, 0.3) is 0 Å². The van der Waals surface area contributed by atoms with Crippen LogP contribution < -0.4 is 4.90 Å². The van der Waals surface area contributed by atoms with Gasteiger partial charge in [-0.3, -0.25) is 4.79 Å². The first-order chi connectivity index (χ1) is 14.6. The fraction of sp³-hybridized carbons (Fsp3) is 0.500. The maximum atomic E-state index is 13.5. The third-order valence-electron chi connectivity index (χ3n) is 7.21. The van der Waals surface area contributed by atoms with Gasteiger partial charge in [0.25, 0.3) is 5.91 Å². The number of carbonyl (C=O) groups is 1. The van der Waals surface area contributed by atoms with Crippen molar-refractivity contribution >= 4 is 11.6 Å². The Morgan fingerprint density at radius 2 is 1.73 bits per heavy atom. The molecule has 2 aromatic rings. The van der Waals surface area contributed by atoms with Crippen molar-refractivity contribution in [3.8, 4) is 0 Å². The molecule has 1 saturated carbocycles. The summed E-state index contributed by atoms with van der Waals surface area (Å²) in [6, 6.07) is 18.2. The number of carbonyl (C=O) groups excluding carboxylic acids is 1. The van der Waals surface area contributed by atoms with Gasteiger partial charge in [0, 0.05) is 36.8 Å². The van der Waals surface area contributed by atoms with Crippen LogP contribution in [0.1, 0.15) is 67.9 Å². The maximum absolute atomic E-state index is 13.5. The Bertz CT molecular complexity index is 847. The van der Waals surface area contributed by atoms with Crippen LogP contribution in [0.15, 0.2) is 54.6 Å². The molecule has 160 valence electrons. The zero-order chi connectivity index (χ0) is 21.1. The molecule has 1 amide bonds. The number of amides is 1. The van der Waals surface area contributed by atoms with Gasteiger partial charge in [-0.1, -0.05) is 43.2 Å². The summed E-state index contributed by atoms with van der Waals surface area (Å²) in [4.78, 5) is 17.8. The van der Waals surface area contributed by atoms with Gasteiger partial charge in [0.15, 0.2) is 0 Å². The van der Waals surface area contributed by atoms with Crippen LogP contribution in [0.3, 0.4) is 0 Å². The highest BCUT2D eigenvalue weighted by molar-refractivity contribution is 5.94. The average molecular weight is 407 g/mol. The Kier molecular flexibility index (Phi) is 6.14. The molecule has 4 rings (SSSR count). The highest BCUT2D eigenvalue weighted by Crippen LogP contribution is 2.49. The molecule has 2 aromatic carbocycles. The molecule has 1 saturated heterocycles. The van der Waals surface area contributed by atoms with Crippen LogP contribution in [0.5, 0.6) is 0 Å². The van der Waals surface area contributed by atoms with Gasteiger partial charge < -0.3 is 14.9 Å². The molecule has 30 heavy (non-hydrogen) atoms. The smallest absolute Gasteiger partial charge is 0.254 e. The van der Waals surface area contributed by atoms with E-state index in [4.69, 9.17) is 0 Å². The summed E-state index contributed by atoms with van der Waals surface area (Å²) in [6.45, 7) is 6.88. The van der Waals surface area contributed by atoms with Gasteiger partial charge in [-0.05, 0) is 62.9 Å². The average Bonchev–Trinajstić information content (AvgIpc) is 2.79. The van der Waals surface area contributed by atoms with Crippen LogP contribution in [0.4, 0.5) is 5.69 Å². The SMILES string of the molecule is CCN(CC)c1ccc([C@H]2[C@@H]3CCCC[C@]3(O)CCN2C(=O)c2ccccc2)cc1. The Labute approximate surface area is 180 Å². The summed E-state index contributed by atoms with van der Waals surface area (Å²) in [5, 5.41) is 11.5. The molecule has 0 spiro atoms. The zero-order valence-electron chi connectivity index (χ0n) is 18.3. The van der Waals surface area contributed by atoms with E-state index in [2.05, 4.69) is 43.0 Å². The second-order valence-corrected chi connectivity index (χ2v) is 8.78. The Morgan fingerprint density at radius 1 is 1.03 bits per heavy atom. The van der Waals surface area contributed by atoms with Gasteiger partial charge >= 0.3 is 0 Å². The van der Waals surface area contributed by atoms with Crippen molar-refractivity contribution in [1.82, 2.24) is 4.90 Å². The molecule has 3 atom stereocenters. The van der Waals surface area contributed by atoms with Crippen LogP contribution in [-0.2, 0) is 0 Å². The highest BCUT2D eigenvalue weighted by Gasteiger charge is 2.50. The van der Waals surface area contributed by atoms with Crippen LogP contribution >= 0.6 is 0 Å². The van der Waals surface area contributed by atoms with Gasteiger partial charge in [-0.25, -0.2) is 0 Å². The van der Waals surface area contributed by atoms with Crippen LogP contribution in [-0.4, -0.2) is 41.1 Å². The first-order valence-electron chi connectivity index (χ1n) is 11.5. The fourth-order valence-corrected chi connectivity index (χ4v) is 5.54. The number of likely N-dealkylation sites (tertiary alicyclic amines) is 1. The van der Waals surface area contributed by atoms with Crippen molar-refractivity contribution in [2.24, 2.45) is 5.92 Å². The largest absolute Gasteiger partial charge is 0.389 e. The fourth-order valence-electron chi connectivity index (χ4n) is 5.54. The summed E-state index contributed by atoms with van der Waals surface area (Å²) in [5.74, 6) is 0.160. The lowest BCUT2D eigenvalue weighted by molar-refractivity contribution is -0.115. The summed E-state index contributed by atoms with van der Waals surface area (Å²) in [5.41, 5.74) is 2.41. The van der Waals surface area contributed by atoms with E-state index in [-0.39, 0.29) is 17.9 Å². The Balaban J connectivity index is 1.71. The van der Waals surface area contributed by atoms with Crippen molar-refractivity contribution in [3.63, 3.8) is 0 Å². The monoisotopic (exact) mass is 406 g/mol. The molecular formula is C26H34N2O2. The molecule has 2 aliphatic rings. The lowest BCUT2D eigenvalue weighted by Gasteiger charge is -2.52. The minimum Gasteiger partial charge on any atom is -0.389 e. The van der Waals surface area contributed by atoms with Crippen molar-refractivity contribution < 1.29 is 9.90 Å². The highest BCUT2D eigenvalue weighted by atomic mass is 16.3. The standard InChI is InChI=1S/C26H34N2O2/c1-3-27(4-2)22-15-13-20(14-16-22)24-23-12-8-9-17-26(23,30)18-19-28(24)25(29)21-10-6-5-7-11-21/h5-7,10-11,13-16,23-24,30H,3-4,8-9,12,17-19H2,1-2H3/t23-,24-,26-/m0/s1. The third-order valence-corrected chi connectivity index (χ3v) is 7.21. The molecule has 4 heteroatoms. The zero-order valence-corrected chi connectivity index (χ0v) is 18.3. The predicted octanol–water partition coefficient (Wildman–Crippen LogP) is 5.04. The minimum absolute atomic E-state index is 0.0704. The van der Waals surface area contributed by atoms with Gasteiger partial charge in [0.2, 0.25) is 0 Å². The number of piperidine rings is 1. The third kappa shape index (κ3) is 3.85. The van der Waals surface area contributed by atoms with E-state index in [1.807, 2.05) is 35.2 Å². The topological polar surface area (TPSA) is 43.8 Å². The normalized spacial score (nSPS) is 26.2. The van der Waals surface area contributed by atoms with Gasteiger partial charge in [0.05, 0.1) is 11.6 Å². The number of anilines is 1. The number of benzene rings is 2. The molecule has 2 fully saturated rings. The quantitative estimate of drug-likeness (QED) is 0.756. The van der Waals surface area contributed by atoms with E-state index in [0.717, 1.165) is 49.9 Å². The Hall–Kier alpha value is -2.33. The predicted molar refractivity (Wildman–Crippen MR) is 122 cm³/mol. The number of hydrogen-bond donors (Lipinski definition) is 1. The van der Waals surface area contributed by atoms with E-state index in [1.165, 1.54) is 5.69 Å². The van der Waals surface area contributed by atoms with E-state index in [1.54, 1.807) is 0 Å². The molecule has 4 nitrogen and oxygen atoms in total. The Morgan fingerprint density at radius 3 is 2.40 bits per heavy atom. The lowest BCUT2D eigenvalue weighted by Crippen LogP contribution is -2.56. The molecule has 0 aromatic heterocycles. The van der Waals surface area contributed by atoms with Gasteiger partial charge in [-0.2, -0.15) is 0 Å². The number of rotatable bonds is 5. The van der Waals surface area contributed by atoms with Crippen LogP contribution in [0.2, 0.25) is 0 Å². The minimum atomic E-state index is -0.659. The molecule has 0 unspecified atom stereocenters. The summed E-state index contributed by atoms with van der Waals surface area (Å²) in [6.07, 6.45) is 4.68. The molecular weight excluding hydrogens is 372 g/mol. The first kappa shape index (κ1) is 20.9. The summed E-state index contributed by atoms with van der Waals surface area (Å²) >= 11 is 0. The van der Waals surface area contributed by atoms with Gasteiger partial charge in [-0.15, -0.1) is 0 Å². The molecule has 0 bridgehead atoms. The summed E-state index contributed by atoms with van der Waals surface area (Å²) in [7, 11) is 0. The van der Waals surface area contributed by atoms with Crippen molar-refractivity contribution in [3.05, 3.63) is 65.7 Å². The number of hydrogen-bond acceptors (Lipinski definition) is 3. The number of fused-ring (bicyclic) bond motifs is 1.